The Bertz CT molecular complexity index is 1110. The van der Waals surface area contributed by atoms with E-state index < -0.39 is 5.91 Å². The van der Waals surface area contributed by atoms with Crippen LogP contribution < -0.4 is 10.2 Å². The normalized spacial score (nSPS) is 11.8. The highest BCUT2D eigenvalue weighted by Crippen LogP contribution is 2.39. The van der Waals surface area contributed by atoms with Crippen molar-refractivity contribution in [3.63, 3.8) is 0 Å². The van der Waals surface area contributed by atoms with Crippen molar-refractivity contribution in [1.82, 2.24) is 5.48 Å². The molecule has 0 spiro atoms. The number of amides is 1. The van der Waals surface area contributed by atoms with Crippen molar-refractivity contribution in [1.29, 1.82) is 5.26 Å². The van der Waals surface area contributed by atoms with Crippen molar-refractivity contribution in [2.75, 3.05) is 0 Å². The highest BCUT2D eigenvalue weighted by Gasteiger charge is 2.20. The minimum atomic E-state index is -0.586. The van der Waals surface area contributed by atoms with Gasteiger partial charge in [-0.05, 0) is 42.5 Å². The van der Waals surface area contributed by atoms with Crippen LogP contribution in [0.15, 0.2) is 71.7 Å². The highest BCUT2D eigenvalue weighted by atomic mass is 16.5. The maximum absolute atomic E-state index is 11.5. The van der Waals surface area contributed by atoms with Crippen LogP contribution in [0.3, 0.4) is 0 Å². The van der Waals surface area contributed by atoms with E-state index in [1.54, 1.807) is 47.9 Å². The monoisotopic (exact) mass is 355 g/mol. The molecular weight excluding hydrogens is 342 g/mol. The number of benzene rings is 3. The second-order valence-corrected chi connectivity index (χ2v) is 5.87. The van der Waals surface area contributed by atoms with Crippen molar-refractivity contribution < 1.29 is 14.7 Å². The average molecular weight is 355 g/mol. The molecule has 1 aliphatic rings. The second kappa shape index (κ2) is 6.75. The van der Waals surface area contributed by atoms with E-state index in [9.17, 15) is 10.1 Å². The summed E-state index contributed by atoms with van der Waals surface area (Å²) < 4.78 is 6.01. The molecule has 4 rings (SSSR count). The largest absolute Gasteiger partial charge is 0.454 e. The van der Waals surface area contributed by atoms with Gasteiger partial charge in [0.25, 0.3) is 5.91 Å². The van der Waals surface area contributed by atoms with Crippen LogP contribution in [-0.2, 0) is 0 Å². The molecule has 1 aliphatic heterocycles. The van der Waals surface area contributed by atoms with Gasteiger partial charge in [-0.3, -0.25) is 10.0 Å². The van der Waals surface area contributed by atoms with Crippen LogP contribution in [0.2, 0.25) is 0 Å². The number of ether oxygens (including phenoxy) is 1. The predicted octanol–water partition coefficient (Wildman–Crippen LogP) is 3.95. The number of fused-ring (bicyclic) bond motifs is 2. The molecule has 1 amide bonds. The third-order valence-electron chi connectivity index (χ3n) is 4.20. The van der Waals surface area contributed by atoms with Gasteiger partial charge < -0.3 is 4.74 Å². The fourth-order valence-corrected chi connectivity index (χ4v) is 2.88. The Labute approximate surface area is 154 Å². The zero-order valence-corrected chi connectivity index (χ0v) is 14.0. The van der Waals surface area contributed by atoms with E-state index in [-0.39, 0.29) is 0 Å². The van der Waals surface area contributed by atoms with Gasteiger partial charge in [0.05, 0.1) is 17.3 Å². The Morgan fingerprint density at radius 2 is 1.81 bits per heavy atom. The molecule has 0 radical (unpaired) electrons. The molecule has 2 N–H and O–H groups in total. The summed E-state index contributed by atoms with van der Waals surface area (Å²) in [7, 11) is 0. The van der Waals surface area contributed by atoms with E-state index in [2.05, 4.69) is 6.07 Å². The van der Waals surface area contributed by atoms with Crippen LogP contribution in [0.1, 0.15) is 27.0 Å². The number of nitrogens with one attached hydrogen (secondary N) is 1. The minimum absolute atomic E-state index is 0.326. The lowest BCUT2D eigenvalue weighted by molar-refractivity contribution is 0.0706. The molecule has 0 saturated carbocycles. The molecule has 1 heterocycles. The molecule has 130 valence electrons. The Morgan fingerprint density at radius 3 is 2.56 bits per heavy atom. The molecule has 0 aromatic heterocycles. The molecule has 0 aliphatic carbocycles. The van der Waals surface area contributed by atoms with Gasteiger partial charge in [0.2, 0.25) is 0 Å². The molecule has 0 unspecified atom stereocenters. The number of hydroxylamine groups is 1. The maximum atomic E-state index is 11.5. The van der Waals surface area contributed by atoms with E-state index >= 15 is 0 Å². The van der Waals surface area contributed by atoms with Crippen LogP contribution in [0, 0.1) is 11.3 Å². The van der Waals surface area contributed by atoms with Gasteiger partial charge >= 0.3 is 0 Å². The fourth-order valence-electron chi connectivity index (χ4n) is 2.88. The van der Waals surface area contributed by atoms with Crippen LogP contribution in [-0.4, -0.2) is 16.8 Å². The first-order valence-corrected chi connectivity index (χ1v) is 8.14. The molecule has 0 saturated heterocycles. The zero-order chi connectivity index (χ0) is 18.8. The Morgan fingerprint density at radius 1 is 1.04 bits per heavy atom. The van der Waals surface area contributed by atoms with E-state index in [4.69, 9.17) is 14.9 Å². The van der Waals surface area contributed by atoms with Crippen LogP contribution >= 0.6 is 0 Å². The van der Waals surface area contributed by atoms with E-state index in [0.29, 0.717) is 34.0 Å². The summed E-state index contributed by atoms with van der Waals surface area (Å²) in [5.41, 5.74) is 5.21. The number of nitrogens with zero attached hydrogens (tertiary/aromatic N) is 2. The van der Waals surface area contributed by atoms with Crippen molar-refractivity contribution >= 4 is 17.3 Å². The van der Waals surface area contributed by atoms with E-state index in [1.165, 1.54) is 0 Å². The van der Waals surface area contributed by atoms with Gasteiger partial charge in [-0.1, -0.05) is 24.3 Å². The third kappa shape index (κ3) is 3.03. The van der Waals surface area contributed by atoms with Gasteiger partial charge in [0.15, 0.2) is 5.75 Å². The van der Waals surface area contributed by atoms with Crippen molar-refractivity contribution in [2.24, 2.45) is 4.99 Å². The topological polar surface area (TPSA) is 94.7 Å². The molecule has 6 nitrogen and oxygen atoms in total. The number of carbonyl (C=O) groups is 1. The lowest BCUT2D eigenvalue weighted by atomic mass is 10.00. The smallest absolute Gasteiger partial charge is 0.274 e. The van der Waals surface area contributed by atoms with Gasteiger partial charge in [-0.25, -0.2) is 10.5 Å². The maximum Gasteiger partial charge on any atom is 0.274 e. The van der Waals surface area contributed by atoms with Gasteiger partial charge in [-0.2, -0.15) is 5.26 Å². The quantitative estimate of drug-likeness (QED) is 0.420. The minimum Gasteiger partial charge on any atom is -0.454 e. The van der Waals surface area contributed by atoms with E-state index in [1.807, 2.05) is 24.3 Å². The van der Waals surface area contributed by atoms with Gasteiger partial charge in [0.1, 0.15) is 11.4 Å². The molecule has 3 aromatic rings. The number of hydrogen-bond donors (Lipinski definition) is 2. The molecule has 6 heteroatoms. The summed E-state index contributed by atoms with van der Waals surface area (Å²) in [4.78, 5) is 16.3. The van der Waals surface area contributed by atoms with Gasteiger partial charge in [0, 0.05) is 16.7 Å². The van der Waals surface area contributed by atoms with Crippen molar-refractivity contribution in [2.45, 2.75) is 0 Å². The summed E-state index contributed by atoms with van der Waals surface area (Å²) in [6.45, 7) is 0. The first-order chi connectivity index (χ1) is 13.2. The molecule has 27 heavy (non-hydrogen) atoms. The molecule has 3 aromatic carbocycles. The van der Waals surface area contributed by atoms with Crippen LogP contribution in [0.25, 0.3) is 0 Å². The number of para-hydroxylation sites is 1. The Kier molecular flexibility index (Phi) is 4.13. The van der Waals surface area contributed by atoms with E-state index in [0.717, 1.165) is 11.1 Å². The standard InChI is InChI=1S/C21H13N3O3/c22-12-13-5-10-19-17(11-13)23-20(16-3-1-2-4-18(16)27-19)14-6-8-15(9-7-14)21(25)24-26/h1-11,26H,(H,24,25). The first kappa shape index (κ1) is 16.5. The summed E-state index contributed by atoms with van der Waals surface area (Å²) in [5, 5.41) is 17.9. The van der Waals surface area contributed by atoms with Crippen LogP contribution in [0.4, 0.5) is 5.69 Å². The van der Waals surface area contributed by atoms with Gasteiger partial charge in [-0.15, -0.1) is 0 Å². The lowest BCUT2D eigenvalue weighted by Gasteiger charge is -2.10. The summed E-state index contributed by atoms with van der Waals surface area (Å²) in [5.74, 6) is 0.627. The third-order valence-corrected chi connectivity index (χ3v) is 4.20. The number of hydrogen-bond acceptors (Lipinski definition) is 5. The fraction of sp³-hybridized carbons (Fsp3) is 0. The predicted molar refractivity (Wildman–Crippen MR) is 98.7 cm³/mol. The Balaban J connectivity index is 1.89. The molecule has 0 atom stereocenters. The number of rotatable bonds is 2. The summed E-state index contributed by atoms with van der Waals surface area (Å²) >= 11 is 0. The second-order valence-electron chi connectivity index (χ2n) is 5.87. The van der Waals surface area contributed by atoms with Crippen molar-refractivity contribution in [3.05, 3.63) is 89.0 Å². The lowest BCUT2D eigenvalue weighted by Crippen LogP contribution is -2.18. The first-order valence-electron chi connectivity index (χ1n) is 8.14. The zero-order valence-electron chi connectivity index (χ0n) is 14.0. The average Bonchev–Trinajstić information content (AvgIpc) is 2.89. The molecular formula is C21H13N3O3. The van der Waals surface area contributed by atoms with Crippen LogP contribution in [0.5, 0.6) is 11.5 Å². The molecule has 0 bridgehead atoms. The molecule has 0 fully saturated rings. The Hall–Kier alpha value is -3.95. The summed E-state index contributed by atoms with van der Waals surface area (Å²) in [6, 6.07) is 21.4. The number of nitriles is 1. The van der Waals surface area contributed by atoms with Crippen molar-refractivity contribution in [3.8, 4) is 17.6 Å². The highest BCUT2D eigenvalue weighted by molar-refractivity contribution is 6.16. The number of aliphatic imine (C=N–C) groups is 1. The SMILES string of the molecule is N#Cc1ccc2c(c1)N=C(c1ccc(C(=O)NO)cc1)c1ccccc1O2. The number of carbonyl (C=O) groups excluding carboxylic acids is 1. The summed E-state index contributed by atoms with van der Waals surface area (Å²) in [6.07, 6.45) is 0.